The summed E-state index contributed by atoms with van der Waals surface area (Å²) in [4.78, 5) is 33.5. The molecule has 29 heavy (non-hydrogen) atoms. The first-order chi connectivity index (χ1) is 13.8. The highest BCUT2D eigenvalue weighted by molar-refractivity contribution is 5.90. The van der Waals surface area contributed by atoms with E-state index in [2.05, 4.69) is 15.3 Å². The lowest BCUT2D eigenvalue weighted by Crippen LogP contribution is -2.32. The number of ether oxygens (including phenoxy) is 2. The van der Waals surface area contributed by atoms with Crippen molar-refractivity contribution < 1.29 is 19.1 Å². The molecule has 0 radical (unpaired) electrons. The predicted molar refractivity (Wildman–Crippen MR) is 109 cm³/mol. The number of benzene rings is 1. The van der Waals surface area contributed by atoms with Crippen LogP contribution in [0.3, 0.4) is 0 Å². The number of rotatable bonds is 5. The maximum Gasteiger partial charge on any atom is 0.407 e. The fourth-order valence-electron chi connectivity index (χ4n) is 3.24. The number of hydrogen-bond acceptors (Lipinski definition) is 6. The maximum absolute atomic E-state index is 12.4. The van der Waals surface area contributed by atoms with Crippen molar-refractivity contribution in [2.24, 2.45) is 0 Å². The maximum atomic E-state index is 12.4. The van der Waals surface area contributed by atoms with Crippen LogP contribution < -0.4 is 5.32 Å². The highest BCUT2D eigenvalue weighted by atomic mass is 16.6. The van der Waals surface area contributed by atoms with Crippen LogP contribution in [0.5, 0.6) is 0 Å². The molecule has 1 aliphatic carbocycles. The van der Waals surface area contributed by atoms with Crippen molar-refractivity contribution in [3.8, 4) is 11.4 Å². The van der Waals surface area contributed by atoms with Gasteiger partial charge in [0, 0.05) is 23.4 Å². The van der Waals surface area contributed by atoms with Crippen molar-refractivity contribution in [2.45, 2.75) is 59.1 Å². The summed E-state index contributed by atoms with van der Waals surface area (Å²) in [7, 11) is 0. The van der Waals surface area contributed by atoms with Crippen LogP contribution in [-0.4, -0.2) is 34.2 Å². The Labute approximate surface area is 170 Å². The number of alkyl carbamates (subject to hydrolysis) is 1. The summed E-state index contributed by atoms with van der Waals surface area (Å²) >= 11 is 0. The van der Waals surface area contributed by atoms with E-state index in [0.717, 1.165) is 41.6 Å². The number of aryl methyl sites for hydroxylation is 1. The van der Waals surface area contributed by atoms with E-state index in [0.29, 0.717) is 24.7 Å². The van der Waals surface area contributed by atoms with E-state index in [9.17, 15) is 9.59 Å². The fourth-order valence-corrected chi connectivity index (χ4v) is 3.24. The van der Waals surface area contributed by atoms with Gasteiger partial charge in [-0.3, -0.25) is 0 Å². The van der Waals surface area contributed by atoms with Crippen LogP contribution >= 0.6 is 0 Å². The Morgan fingerprint density at radius 3 is 2.69 bits per heavy atom. The van der Waals surface area contributed by atoms with Crippen molar-refractivity contribution >= 4 is 12.1 Å². The smallest absolute Gasteiger partial charge is 0.407 e. The Hall–Kier alpha value is -2.96. The molecule has 0 atom stereocenters. The normalized spacial score (nSPS) is 13.0. The lowest BCUT2D eigenvalue weighted by atomic mass is 10.1. The van der Waals surface area contributed by atoms with Crippen LogP contribution in [0.25, 0.3) is 11.4 Å². The third-order valence-electron chi connectivity index (χ3n) is 4.42. The zero-order chi connectivity index (χ0) is 21.0. The number of amides is 1. The molecule has 0 fully saturated rings. The average molecular weight is 397 g/mol. The highest BCUT2D eigenvalue weighted by Crippen LogP contribution is 2.27. The Morgan fingerprint density at radius 2 is 1.97 bits per heavy atom. The molecule has 154 valence electrons. The van der Waals surface area contributed by atoms with Crippen LogP contribution in [0.15, 0.2) is 24.3 Å². The monoisotopic (exact) mass is 397 g/mol. The minimum absolute atomic E-state index is 0.304. The van der Waals surface area contributed by atoms with E-state index in [1.165, 1.54) is 0 Å². The summed E-state index contributed by atoms with van der Waals surface area (Å²) in [6.45, 7) is 7.86. The minimum atomic E-state index is -0.548. The summed E-state index contributed by atoms with van der Waals surface area (Å²) in [6, 6.07) is 7.58. The van der Waals surface area contributed by atoms with Gasteiger partial charge in [0.15, 0.2) is 11.5 Å². The predicted octanol–water partition coefficient (Wildman–Crippen LogP) is 3.83. The summed E-state index contributed by atoms with van der Waals surface area (Å²) in [5, 5.41) is 2.75. The molecule has 0 aliphatic heterocycles. The van der Waals surface area contributed by atoms with Crippen molar-refractivity contribution in [2.75, 3.05) is 6.61 Å². The first-order valence-electron chi connectivity index (χ1n) is 9.90. The molecule has 1 heterocycles. The molecule has 0 spiro atoms. The first-order valence-corrected chi connectivity index (χ1v) is 9.90. The minimum Gasteiger partial charge on any atom is -0.461 e. The molecule has 2 aromatic rings. The third-order valence-corrected chi connectivity index (χ3v) is 4.42. The molecule has 7 heteroatoms. The number of nitrogens with zero attached hydrogens (tertiary/aromatic N) is 2. The Kier molecular flexibility index (Phi) is 6.15. The number of hydrogen-bond donors (Lipinski definition) is 1. The molecule has 1 aromatic heterocycles. The molecule has 3 rings (SSSR count). The van der Waals surface area contributed by atoms with Crippen LogP contribution in [0.1, 0.15) is 61.4 Å². The van der Waals surface area contributed by atoms with Gasteiger partial charge in [-0.1, -0.05) is 18.2 Å². The lowest BCUT2D eigenvalue weighted by Gasteiger charge is -2.19. The van der Waals surface area contributed by atoms with Crippen LogP contribution in [0, 0.1) is 0 Å². The van der Waals surface area contributed by atoms with Gasteiger partial charge in [0.2, 0.25) is 0 Å². The van der Waals surface area contributed by atoms with E-state index in [1.54, 1.807) is 6.92 Å². The van der Waals surface area contributed by atoms with E-state index in [-0.39, 0.29) is 0 Å². The van der Waals surface area contributed by atoms with Gasteiger partial charge in [-0.2, -0.15) is 0 Å². The highest BCUT2D eigenvalue weighted by Gasteiger charge is 2.24. The Bertz CT molecular complexity index is 919. The third kappa shape index (κ3) is 5.31. The summed E-state index contributed by atoms with van der Waals surface area (Å²) in [5.41, 5.74) is 3.30. The molecule has 0 saturated heterocycles. The van der Waals surface area contributed by atoms with Crippen LogP contribution in [0.4, 0.5) is 4.79 Å². The summed E-state index contributed by atoms with van der Waals surface area (Å²) in [5.74, 6) is 0.0878. The van der Waals surface area contributed by atoms with Crippen molar-refractivity contribution in [3.05, 3.63) is 46.8 Å². The van der Waals surface area contributed by atoms with Gasteiger partial charge < -0.3 is 14.8 Å². The van der Waals surface area contributed by atoms with Gasteiger partial charge in [0.25, 0.3) is 0 Å². The first kappa shape index (κ1) is 20.8. The number of esters is 1. The van der Waals surface area contributed by atoms with E-state index < -0.39 is 17.7 Å². The molecule has 0 saturated carbocycles. The van der Waals surface area contributed by atoms with Gasteiger partial charge in [0.05, 0.1) is 6.61 Å². The lowest BCUT2D eigenvalue weighted by molar-refractivity contribution is 0.0510. The second kappa shape index (κ2) is 8.59. The number of fused-ring (bicyclic) bond motifs is 1. The number of carbonyl (C=O) groups is 2. The van der Waals surface area contributed by atoms with E-state index in [4.69, 9.17) is 9.47 Å². The fraction of sp³-hybridized carbons (Fsp3) is 0.455. The van der Waals surface area contributed by atoms with Crippen molar-refractivity contribution in [3.63, 3.8) is 0 Å². The Balaban J connectivity index is 1.82. The average Bonchev–Trinajstić information content (AvgIpc) is 3.13. The van der Waals surface area contributed by atoms with Gasteiger partial charge in [-0.15, -0.1) is 0 Å². The molecular formula is C22H27N3O4. The number of nitrogens with one attached hydrogen (secondary N) is 1. The zero-order valence-corrected chi connectivity index (χ0v) is 17.4. The quantitative estimate of drug-likeness (QED) is 0.771. The van der Waals surface area contributed by atoms with Gasteiger partial charge >= 0.3 is 12.1 Å². The molecule has 1 N–H and O–H groups in total. The van der Waals surface area contributed by atoms with Crippen molar-refractivity contribution in [1.82, 2.24) is 15.3 Å². The standard InChI is InChI=1S/C22H27N3O4/c1-5-28-20(26)18-16-10-7-11-17(16)24-19(25-18)15-9-6-8-14(12-15)13-23-21(27)29-22(2,3)4/h6,8-9,12H,5,7,10-11,13H2,1-4H3,(H,23,27). The summed E-state index contributed by atoms with van der Waals surface area (Å²) in [6.07, 6.45) is 2.11. The number of carbonyl (C=O) groups excluding carboxylic acids is 2. The number of aromatic nitrogens is 2. The molecule has 1 amide bonds. The second-order valence-electron chi connectivity index (χ2n) is 7.95. The van der Waals surface area contributed by atoms with Crippen LogP contribution in [-0.2, 0) is 28.9 Å². The molecule has 0 unspecified atom stereocenters. The SMILES string of the molecule is CCOC(=O)c1nc(-c2cccc(CNC(=O)OC(C)(C)C)c2)nc2c1CCC2. The van der Waals surface area contributed by atoms with Gasteiger partial charge in [-0.05, 0) is 58.6 Å². The van der Waals surface area contributed by atoms with Crippen molar-refractivity contribution in [1.29, 1.82) is 0 Å². The van der Waals surface area contributed by atoms with Gasteiger partial charge in [-0.25, -0.2) is 19.6 Å². The second-order valence-corrected chi connectivity index (χ2v) is 7.95. The topological polar surface area (TPSA) is 90.4 Å². The molecule has 1 aliphatic rings. The van der Waals surface area contributed by atoms with E-state index in [1.807, 2.05) is 45.0 Å². The summed E-state index contributed by atoms with van der Waals surface area (Å²) < 4.78 is 10.4. The largest absolute Gasteiger partial charge is 0.461 e. The molecule has 1 aromatic carbocycles. The molecular weight excluding hydrogens is 370 g/mol. The van der Waals surface area contributed by atoms with E-state index >= 15 is 0 Å². The Morgan fingerprint density at radius 1 is 1.17 bits per heavy atom. The molecule has 7 nitrogen and oxygen atoms in total. The van der Waals surface area contributed by atoms with Gasteiger partial charge in [0.1, 0.15) is 5.60 Å². The molecule has 0 bridgehead atoms. The zero-order valence-electron chi connectivity index (χ0n) is 17.4. The van der Waals surface area contributed by atoms with Crippen LogP contribution in [0.2, 0.25) is 0 Å².